The molecule has 1 aromatic heterocycles. The molecule has 0 bridgehead atoms. The van der Waals surface area contributed by atoms with E-state index in [1.807, 2.05) is 0 Å². The van der Waals surface area contributed by atoms with E-state index in [0.29, 0.717) is 0 Å². The van der Waals surface area contributed by atoms with Crippen LogP contribution in [-0.2, 0) is 9.84 Å². The van der Waals surface area contributed by atoms with Gasteiger partial charge in [-0.2, -0.15) is 0 Å². The zero-order valence-corrected chi connectivity index (χ0v) is 12.0. The summed E-state index contributed by atoms with van der Waals surface area (Å²) in [6.45, 7) is 1.54. The summed E-state index contributed by atoms with van der Waals surface area (Å²) in [5.74, 6) is -1.13. The zero-order valence-electron chi connectivity index (χ0n) is 11.2. The molecule has 1 atom stereocenters. The highest BCUT2D eigenvalue weighted by Crippen LogP contribution is 2.14. The molecule has 1 aromatic carbocycles. The fourth-order valence-corrected chi connectivity index (χ4v) is 1.94. The van der Waals surface area contributed by atoms with Crippen LogP contribution in [0.5, 0.6) is 0 Å². The molecule has 112 valence electrons. The molecule has 0 unspecified atom stereocenters. The molecule has 0 radical (unpaired) electrons. The minimum absolute atomic E-state index is 0.0554. The van der Waals surface area contributed by atoms with E-state index in [0.717, 1.165) is 12.3 Å². The number of carbonyl (C=O) groups is 1. The average molecular weight is 313 g/mol. The van der Waals surface area contributed by atoms with Gasteiger partial charge in [0.2, 0.25) is 15.7 Å². The van der Waals surface area contributed by atoms with Gasteiger partial charge in [0.25, 0.3) is 5.91 Å². The first kappa shape index (κ1) is 15.1. The summed E-state index contributed by atoms with van der Waals surface area (Å²) < 4.78 is 40.5. The highest BCUT2D eigenvalue weighted by molar-refractivity contribution is 7.90. The molecular weight excluding hydrogens is 301 g/mol. The first-order valence-corrected chi connectivity index (χ1v) is 7.76. The van der Waals surface area contributed by atoms with E-state index in [-0.39, 0.29) is 11.5 Å². The van der Waals surface area contributed by atoms with E-state index < -0.39 is 32.8 Å². The van der Waals surface area contributed by atoms with Crippen molar-refractivity contribution in [2.75, 3.05) is 6.26 Å². The number of halogens is 1. The zero-order chi connectivity index (χ0) is 15.6. The van der Waals surface area contributed by atoms with Crippen LogP contribution >= 0.6 is 0 Å². The number of aromatic nitrogens is 2. The van der Waals surface area contributed by atoms with Crippen molar-refractivity contribution in [3.8, 4) is 0 Å². The van der Waals surface area contributed by atoms with Gasteiger partial charge in [-0.05, 0) is 25.1 Å². The lowest BCUT2D eigenvalue weighted by Gasteiger charge is -2.09. The van der Waals surface area contributed by atoms with Gasteiger partial charge in [-0.3, -0.25) is 4.79 Å². The molecule has 0 aliphatic heterocycles. The van der Waals surface area contributed by atoms with Gasteiger partial charge in [0.1, 0.15) is 11.9 Å². The van der Waals surface area contributed by atoms with Crippen molar-refractivity contribution in [2.24, 2.45) is 0 Å². The fourth-order valence-electron chi connectivity index (χ4n) is 1.52. The highest BCUT2D eigenvalue weighted by Gasteiger charge is 2.21. The molecule has 1 N–H and O–H groups in total. The Kier molecular flexibility index (Phi) is 4.03. The van der Waals surface area contributed by atoms with Gasteiger partial charge in [-0.1, -0.05) is 11.2 Å². The predicted octanol–water partition coefficient (Wildman–Crippen LogP) is 1.10. The molecule has 0 aliphatic carbocycles. The van der Waals surface area contributed by atoms with Crippen molar-refractivity contribution >= 4 is 15.7 Å². The Morgan fingerprint density at radius 1 is 1.38 bits per heavy atom. The van der Waals surface area contributed by atoms with Gasteiger partial charge in [0.15, 0.2) is 0 Å². The van der Waals surface area contributed by atoms with Crippen molar-refractivity contribution in [3.05, 3.63) is 41.5 Å². The molecular formula is C12H12FN3O4S. The Hall–Kier alpha value is -2.29. The second-order valence-corrected chi connectivity index (χ2v) is 6.28. The molecule has 21 heavy (non-hydrogen) atoms. The summed E-state index contributed by atoms with van der Waals surface area (Å²) in [7, 11) is -3.60. The Labute approximate surface area is 120 Å². The normalized spacial score (nSPS) is 12.9. The number of amides is 1. The minimum atomic E-state index is -3.60. The molecule has 0 saturated heterocycles. The van der Waals surface area contributed by atoms with Gasteiger partial charge in [-0.25, -0.2) is 12.8 Å². The monoisotopic (exact) mass is 313 g/mol. The van der Waals surface area contributed by atoms with Crippen LogP contribution in [0.4, 0.5) is 4.39 Å². The number of rotatable bonds is 4. The average Bonchev–Trinajstić information content (AvgIpc) is 2.88. The number of sulfone groups is 1. The number of carbonyl (C=O) groups excluding carboxylic acids is 1. The lowest BCUT2D eigenvalue weighted by molar-refractivity contribution is 0.0933. The maximum Gasteiger partial charge on any atom is 0.335 e. The highest BCUT2D eigenvalue weighted by atomic mass is 32.2. The van der Waals surface area contributed by atoms with Crippen molar-refractivity contribution in [3.63, 3.8) is 0 Å². The molecule has 2 aromatic rings. The summed E-state index contributed by atoms with van der Waals surface area (Å²) in [6.07, 6.45) is 0.931. The van der Waals surface area contributed by atoms with E-state index in [4.69, 9.17) is 4.42 Å². The van der Waals surface area contributed by atoms with Crippen LogP contribution in [0.15, 0.2) is 33.9 Å². The van der Waals surface area contributed by atoms with E-state index in [9.17, 15) is 17.6 Å². The topological polar surface area (TPSA) is 102 Å². The van der Waals surface area contributed by atoms with Gasteiger partial charge < -0.3 is 9.73 Å². The predicted molar refractivity (Wildman–Crippen MR) is 69.7 cm³/mol. The van der Waals surface area contributed by atoms with Crippen LogP contribution in [0.1, 0.15) is 29.2 Å². The van der Waals surface area contributed by atoms with Gasteiger partial charge >= 0.3 is 5.22 Å². The Bertz CT molecular complexity index is 772. The first-order valence-electron chi connectivity index (χ1n) is 5.87. The minimum Gasteiger partial charge on any atom is -0.410 e. The van der Waals surface area contributed by atoms with Gasteiger partial charge in [0.05, 0.1) is 0 Å². The smallest absolute Gasteiger partial charge is 0.335 e. The first-order chi connectivity index (χ1) is 9.77. The van der Waals surface area contributed by atoms with Crippen molar-refractivity contribution < 1.29 is 22.0 Å². The molecule has 0 fully saturated rings. The third kappa shape index (κ3) is 3.63. The Morgan fingerprint density at radius 3 is 2.67 bits per heavy atom. The fraction of sp³-hybridized carbons (Fsp3) is 0.250. The standard InChI is InChI=1S/C12H12FN3O4S/c1-7(11-15-16-12(20-11)21(2,18)19)14-10(17)8-4-3-5-9(13)6-8/h3-7H,1-2H3,(H,14,17)/t7-/m0/s1. The van der Waals surface area contributed by atoms with Crippen molar-refractivity contribution in [1.29, 1.82) is 0 Å². The summed E-state index contributed by atoms with van der Waals surface area (Å²) in [4.78, 5) is 11.9. The summed E-state index contributed by atoms with van der Waals surface area (Å²) in [5, 5.41) is 8.93. The quantitative estimate of drug-likeness (QED) is 0.907. The summed E-state index contributed by atoms with van der Waals surface area (Å²) in [6, 6.07) is 4.43. The number of benzene rings is 1. The van der Waals surface area contributed by atoms with Crippen LogP contribution in [0, 0.1) is 5.82 Å². The van der Waals surface area contributed by atoms with Crippen LogP contribution in [-0.4, -0.2) is 30.8 Å². The number of nitrogens with one attached hydrogen (secondary N) is 1. The van der Waals surface area contributed by atoms with Gasteiger partial charge in [0, 0.05) is 11.8 Å². The Balaban J connectivity index is 2.13. The third-order valence-corrected chi connectivity index (χ3v) is 3.34. The van der Waals surface area contributed by atoms with Crippen molar-refractivity contribution in [1.82, 2.24) is 15.5 Å². The maximum atomic E-state index is 13.0. The molecule has 0 aliphatic rings. The van der Waals surface area contributed by atoms with Crippen LogP contribution in [0.2, 0.25) is 0 Å². The largest absolute Gasteiger partial charge is 0.410 e. The number of nitrogens with zero attached hydrogens (tertiary/aromatic N) is 2. The Morgan fingerprint density at radius 2 is 2.10 bits per heavy atom. The van der Waals surface area contributed by atoms with E-state index >= 15 is 0 Å². The molecule has 1 amide bonds. The molecule has 9 heteroatoms. The van der Waals surface area contributed by atoms with Crippen molar-refractivity contribution in [2.45, 2.75) is 18.2 Å². The van der Waals surface area contributed by atoms with Crippen LogP contribution < -0.4 is 5.32 Å². The van der Waals surface area contributed by atoms with Crippen LogP contribution in [0.25, 0.3) is 0 Å². The lowest BCUT2D eigenvalue weighted by atomic mass is 10.2. The van der Waals surface area contributed by atoms with E-state index in [1.54, 1.807) is 0 Å². The number of hydrogen-bond donors (Lipinski definition) is 1. The molecule has 0 saturated carbocycles. The maximum absolute atomic E-state index is 13.0. The molecule has 2 rings (SSSR count). The van der Waals surface area contributed by atoms with Crippen LogP contribution in [0.3, 0.4) is 0 Å². The van der Waals surface area contributed by atoms with Gasteiger partial charge in [-0.15, -0.1) is 5.10 Å². The molecule has 0 spiro atoms. The second kappa shape index (κ2) is 5.60. The number of hydrogen-bond acceptors (Lipinski definition) is 6. The van der Waals surface area contributed by atoms with E-state index in [1.165, 1.54) is 25.1 Å². The second-order valence-electron chi connectivity index (χ2n) is 4.38. The lowest BCUT2D eigenvalue weighted by Crippen LogP contribution is -2.26. The summed E-state index contributed by atoms with van der Waals surface area (Å²) >= 11 is 0. The van der Waals surface area contributed by atoms with E-state index in [2.05, 4.69) is 15.5 Å². The SMILES string of the molecule is C[C@H](NC(=O)c1cccc(F)c1)c1nnc(S(C)(=O)=O)o1. The molecule has 1 heterocycles. The summed E-state index contributed by atoms with van der Waals surface area (Å²) in [5.41, 5.74) is 0.129. The third-order valence-electron chi connectivity index (χ3n) is 2.54. The molecule has 7 nitrogen and oxygen atoms in total.